The van der Waals surface area contributed by atoms with E-state index in [1.807, 2.05) is 73.8 Å². The number of aromatic nitrogens is 2. The third kappa shape index (κ3) is 13.7. The van der Waals surface area contributed by atoms with E-state index in [1.54, 1.807) is 30.7 Å². The summed E-state index contributed by atoms with van der Waals surface area (Å²) in [6.07, 6.45) is 6.84. The summed E-state index contributed by atoms with van der Waals surface area (Å²) in [4.78, 5) is 32.5. The molecule has 2 heterocycles. The minimum absolute atomic E-state index is 0.00241. The quantitative estimate of drug-likeness (QED) is 0.132. The summed E-state index contributed by atoms with van der Waals surface area (Å²) in [5.41, 5.74) is 13.5. The summed E-state index contributed by atoms with van der Waals surface area (Å²) in [6, 6.07) is 48.5. The number of carboxylic acid groups (broad SMARTS) is 1. The Morgan fingerprint density at radius 3 is 1.20 bits per heavy atom. The molecule has 0 radical (unpaired) electrons. The molecule has 0 unspecified atom stereocenters. The lowest BCUT2D eigenvalue weighted by molar-refractivity contribution is -0.134. The molecule has 7 nitrogen and oxygen atoms in total. The van der Waals surface area contributed by atoms with E-state index in [-0.39, 0.29) is 17.9 Å². The van der Waals surface area contributed by atoms with Crippen LogP contribution in [0.1, 0.15) is 71.0 Å². The molecule has 0 aliphatic heterocycles. The largest absolute Gasteiger partial charge is 0.481 e. The summed E-state index contributed by atoms with van der Waals surface area (Å²) in [6.45, 7) is 4.65. The molecule has 248 valence electrons. The van der Waals surface area contributed by atoms with Crippen LogP contribution in [0.25, 0.3) is 0 Å². The van der Waals surface area contributed by atoms with Crippen LogP contribution in [-0.4, -0.2) is 32.5 Å². The second-order valence-corrected chi connectivity index (χ2v) is 10.8. The van der Waals surface area contributed by atoms with Crippen molar-refractivity contribution in [3.63, 3.8) is 0 Å². The first-order valence-corrected chi connectivity index (χ1v) is 15.8. The molecule has 0 fully saturated rings. The number of aliphatic carboxylic acids is 1. The fourth-order valence-electron chi connectivity index (χ4n) is 4.54. The molecule has 0 bridgehead atoms. The first kappa shape index (κ1) is 37.4. The molecule has 0 spiro atoms. The summed E-state index contributed by atoms with van der Waals surface area (Å²) < 4.78 is 0. The summed E-state index contributed by atoms with van der Waals surface area (Å²) in [5.74, 6) is -0.775. The molecular formula is C42H42N4O3. The monoisotopic (exact) mass is 650 g/mol. The summed E-state index contributed by atoms with van der Waals surface area (Å²) in [5, 5.41) is 7.42. The molecule has 6 rings (SSSR count). The van der Waals surface area contributed by atoms with Gasteiger partial charge in [0.25, 0.3) is 5.97 Å². The number of hydrogen-bond donors (Lipinski definition) is 2. The minimum atomic E-state index is -0.833. The zero-order valence-corrected chi connectivity index (χ0v) is 28.0. The zero-order valence-electron chi connectivity index (χ0n) is 28.0. The number of nitrogens with zero attached hydrogens (tertiary/aromatic N) is 3. The lowest BCUT2D eigenvalue weighted by Gasteiger charge is -2.15. The molecule has 4 aromatic carbocycles. The molecule has 0 atom stereocenters. The van der Waals surface area contributed by atoms with Gasteiger partial charge >= 0.3 is 0 Å². The number of carbonyl (C=O) groups is 2. The average molecular weight is 651 g/mol. The van der Waals surface area contributed by atoms with Crippen LogP contribution in [0.15, 0.2) is 175 Å². The number of rotatable bonds is 7. The smallest absolute Gasteiger partial charge is 0.300 e. The van der Waals surface area contributed by atoms with Gasteiger partial charge in [-0.3, -0.25) is 24.5 Å². The molecule has 0 saturated heterocycles. The molecule has 3 N–H and O–H groups in total. The Morgan fingerprint density at radius 1 is 0.551 bits per heavy atom. The molecular weight excluding hydrogens is 608 g/mol. The van der Waals surface area contributed by atoms with Crippen LogP contribution in [0.3, 0.4) is 0 Å². The lowest BCUT2D eigenvalue weighted by Crippen LogP contribution is -2.11. The van der Waals surface area contributed by atoms with Gasteiger partial charge in [-0.05, 0) is 54.3 Å². The maximum Gasteiger partial charge on any atom is 0.300 e. The van der Waals surface area contributed by atoms with Crippen molar-refractivity contribution in [3.8, 4) is 0 Å². The minimum Gasteiger partial charge on any atom is -0.481 e. The number of nitrogens with two attached hydrogens (primary N) is 1. The SMILES string of the molecule is CC(=NC(c1ccccc1)c1ccccc1)c1cccnc1.CC(=O)O.CC(=O)c1cccnc1.NC(c1ccccc1)c1ccccc1. The van der Waals surface area contributed by atoms with Gasteiger partial charge in [0.1, 0.15) is 6.04 Å². The van der Waals surface area contributed by atoms with Crippen LogP contribution in [-0.2, 0) is 4.79 Å². The van der Waals surface area contributed by atoms with Gasteiger partial charge in [-0.15, -0.1) is 0 Å². The van der Waals surface area contributed by atoms with E-state index in [2.05, 4.69) is 82.8 Å². The van der Waals surface area contributed by atoms with Crippen molar-refractivity contribution in [2.75, 3.05) is 0 Å². The molecule has 0 aliphatic rings. The van der Waals surface area contributed by atoms with Gasteiger partial charge in [0.05, 0.1) is 6.04 Å². The molecule has 0 aliphatic carbocycles. The third-order valence-electron chi connectivity index (χ3n) is 7.02. The van der Waals surface area contributed by atoms with E-state index in [4.69, 9.17) is 20.6 Å². The van der Waals surface area contributed by atoms with Gasteiger partial charge in [0, 0.05) is 48.5 Å². The van der Waals surface area contributed by atoms with Crippen LogP contribution in [0.2, 0.25) is 0 Å². The highest BCUT2D eigenvalue weighted by atomic mass is 16.4. The topological polar surface area (TPSA) is 119 Å². The van der Waals surface area contributed by atoms with E-state index in [9.17, 15) is 4.79 Å². The summed E-state index contributed by atoms with van der Waals surface area (Å²) in [7, 11) is 0. The Bertz CT molecular complexity index is 1740. The second kappa shape index (κ2) is 20.9. The highest BCUT2D eigenvalue weighted by Crippen LogP contribution is 2.26. The number of pyridine rings is 2. The number of hydrogen-bond acceptors (Lipinski definition) is 6. The summed E-state index contributed by atoms with van der Waals surface area (Å²) >= 11 is 0. The highest BCUT2D eigenvalue weighted by Gasteiger charge is 2.13. The van der Waals surface area contributed by atoms with Gasteiger partial charge < -0.3 is 10.8 Å². The van der Waals surface area contributed by atoms with E-state index < -0.39 is 5.97 Å². The van der Waals surface area contributed by atoms with E-state index >= 15 is 0 Å². The van der Waals surface area contributed by atoms with E-state index in [1.165, 1.54) is 18.1 Å². The Labute approximate surface area is 288 Å². The van der Waals surface area contributed by atoms with E-state index in [0.29, 0.717) is 5.56 Å². The fraction of sp³-hybridized carbons (Fsp3) is 0.119. The zero-order chi connectivity index (χ0) is 35.3. The number of ketones is 1. The second-order valence-electron chi connectivity index (χ2n) is 10.8. The molecule has 0 amide bonds. The number of benzene rings is 4. The fourth-order valence-corrected chi connectivity index (χ4v) is 4.54. The normalized spacial score (nSPS) is 10.4. The van der Waals surface area contributed by atoms with Gasteiger partial charge in [-0.2, -0.15) is 0 Å². The van der Waals surface area contributed by atoms with Crippen molar-refractivity contribution in [2.45, 2.75) is 32.9 Å². The Kier molecular flexibility index (Phi) is 16.0. The first-order valence-electron chi connectivity index (χ1n) is 15.8. The van der Waals surface area contributed by atoms with Gasteiger partial charge in [0.2, 0.25) is 0 Å². The molecule has 2 aromatic heterocycles. The maximum absolute atomic E-state index is 10.6. The van der Waals surface area contributed by atoms with Gasteiger partial charge in [-0.25, -0.2) is 0 Å². The number of carbonyl (C=O) groups excluding carboxylic acids is 1. The lowest BCUT2D eigenvalue weighted by atomic mass is 9.99. The predicted molar refractivity (Wildman–Crippen MR) is 198 cm³/mol. The molecule has 6 aromatic rings. The Morgan fingerprint density at radius 2 is 0.898 bits per heavy atom. The molecule has 0 saturated carbocycles. The third-order valence-corrected chi connectivity index (χ3v) is 7.02. The van der Waals surface area contributed by atoms with Crippen molar-refractivity contribution in [1.29, 1.82) is 0 Å². The number of Topliss-reactive ketones (excluding diaryl/α,β-unsaturated/α-hetero) is 1. The highest BCUT2D eigenvalue weighted by molar-refractivity contribution is 5.98. The molecule has 7 heteroatoms. The van der Waals surface area contributed by atoms with Crippen molar-refractivity contribution in [3.05, 3.63) is 204 Å². The van der Waals surface area contributed by atoms with Crippen molar-refractivity contribution < 1.29 is 14.7 Å². The Balaban J connectivity index is 0.000000205. The van der Waals surface area contributed by atoms with Crippen LogP contribution >= 0.6 is 0 Å². The standard InChI is InChI=1S/C20H18N2.C13H13N.C7H7NO.C2H4O2/c1-16(19-13-8-14-21-15-19)22-20(17-9-4-2-5-10-17)18-11-6-3-7-12-18;14-13(11-7-3-1-4-8-11)12-9-5-2-6-10-12;1-6(9)7-3-2-4-8-5-7;1-2(3)4/h2-15,20H,1H3;1-10,13H,14H2;2-5H,1H3;1H3,(H,3,4). The van der Waals surface area contributed by atoms with Crippen molar-refractivity contribution in [2.24, 2.45) is 10.7 Å². The number of carboxylic acids is 1. The first-order chi connectivity index (χ1) is 23.8. The maximum atomic E-state index is 10.6. The predicted octanol–water partition coefficient (Wildman–Crippen LogP) is 8.79. The van der Waals surface area contributed by atoms with Crippen LogP contribution < -0.4 is 5.73 Å². The van der Waals surface area contributed by atoms with Crippen LogP contribution in [0.4, 0.5) is 0 Å². The average Bonchev–Trinajstić information content (AvgIpc) is 3.16. The molecule has 49 heavy (non-hydrogen) atoms. The van der Waals surface area contributed by atoms with E-state index in [0.717, 1.165) is 29.3 Å². The van der Waals surface area contributed by atoms with Gasteiger partial charge in [0.15, 0.2) is 5.78 Å². The van der Waals surface area contributed by atoms with Gasteiger partial charge in [-0.1, -0.05) is 127 Å². The van der Waals surface area contributed by atoms with Crippen LogP contribution in [0, 0.1) is 0 Å². The Hall–Kier alpha value is -6.05. The van der Waals surface area contributed by atoms with Crippen molar-refractivity contribution in [1.82, 2.24) is 9.97 Å². The van der Waals surface area contributed by atoms with Crippen molar-refractivity contribution >= 4 is 17.5 Å². The van der Waals surface area contributed by atoms with Crippen LogP contribution in [0.5, 0.6) is 0 Å². The number of aliphatic imine (C=N–C) groups is 1.